The molecular formula is C16H16BrFO2. The molecule has 2 aromatic rings. The van der Waals surface area contributed by atoms with Crippen LogP contribution in [-0.4, -0.2) is 13.7 Å². The number of methoxy groups -OCH3 is 1. The lowest BCUT2D eigenvalue weighted by Gasteiger charge is -2.16. The van der Waals surface area contributed by atoms with Crippen LogP contribution in [0.3, 0.4) is 0 Å². The van der Waals surface area contributed by atoms with Crippen LogP contribution in [0.5, 0.6) is 11.5 Å². The van der Waals surface area contributed by atoms with Gasteiger partial charge in [-0.15, -0.1) is 0 Å². The minimum atomic E-state index is -0.292. The first-order valence-electron chi connectivity index (χ1n) is 6.36. The van der Waals surface area contributed by atoms with Crippen molar-refractivity contribution in [3.8, 4) is 11.5 Å². The Balaban J connectivity index is 2.33. The minimum absolute atomic E-state index is 0.269. The van der Waals surface area contributed by atoms with Crippen molar-refractivity contribution in [3.63, 3.8) is 0 Å². The largest absolute Gasteiger partial charge is 0.496 e. The molecule has 1 unspecified atom stereocenters. The van der Waals surface area contributed by atoms with Crippen LogP contribution < -0.4 is 9.47 Å². The van der Waals surface area contributed by atoms with E-state index in [-0.39, 0.29) is 10.6 Å². The van der Waals surface area contributed by atoms with Crippen molar-refractivity contribution in [2.45, 2.75) is 11.8 Å². The van der Waals surface area contributed by atoms with E-state index in [4.69, 9.17) is 9.47 Å². The summed E-state index contributed by atoms with van der Waals surface area (Å²) in [5.41, 5.74) is 1.44. The first kappa shape index (κ1) is 14.9. The molecule has 0 spiro atoms. The van der Waals surface area contributed by atoms with Crippen LogP contribution in [0.15, 0.2) is 42.5 Å². The second-order valence-corrected chi connectivity index (χ2v) is 5.14. The molecule has 2 aromatic carbocycles. The van der Waals surface area contributed by atoms with Gasteiger partial charge < -0.3 is 9.47 Å². The Morgan fingerprint density at radius 2 is 1.85 bits per heavy atom. The molecule has 0 saturated heterocycles. The molecule has 0 bridgehead atoms. The van der Waals surface area contributed by atoms with Crippen molar-refractivity contribution in [3.05, 3.63) is 59.4 Å². The SMILES string of the molecule is CCOc1ccc(C(Br)c2c(F)cccc2OC)cc1. The summed E-state index contributed by atoms with van der Waals surface area (Å²) in [6.45, 7) is 2.56. The summed E-state index contributed by atoms with van der Waals surface area (Å²) in [6.07, 6.45) is 0. The van der Waals surface area contributed by atoms with Gasteiger partial charge in [-0.3, -0.25) is 0 Å². The average Bonchev–Trinajstić information content (AvgIpc) is 2.47. The topological polar surface area (TPSA) is 18.5 Å². The second-order valence-electron chi connectivity index (χ2n) is 4.22. The first-order valence-corrected chi connectivity index (χ1v) is 7.28. The van der Waals surface area contributed by atoms with E-state index in [0.29, 0.717) is 17.9 Å². The molecule has 2 rings (SSSR count). The maximum absolute atomic E-state index is 14.0. The summed E-state index contributed by atoms with van der Waals surface area (Å²) >= 11 is 3.54. The molecule has 1 atom stereocenters. The molecule has 0 fully saturated rings. The van der Waals surface area contributed by atoms with Gasteiger partial charge in [0.25, 0.3) is 0 Å². The van der Waals surface area contributed by atoms with Crippen molar-refractivity contribution in [1.29, 1.82) is 0 Å². The van der Waals surface area contributed by atoms with Crippen LogP contribution in [-0.2, 0) is 0 Å². The molecule has 0 N–H and O–H groups in total. The normalized spacial score (nSPS) is 12.0. The van der Waals surface area contributed by atoms with E-state index < -0.39 is 0 Å². The lowest BCUT2D eigenvalue weighted by molar-refractivity contribution is 0.340. The van der Waals surface area contributed by atoms with Gasteiger partial charge in [-0.2, -0.15) is 0 Å². The van der Waals surface area contributed by atoms with E-state index in [0.717, 1.165) is 11.3 Å². The highest BCUT2D eigenvalue weighted by atomic mass is 79.9. The molecule has 20 heavy (non-hydrogen) atoms. The van der Waals surface area contributed by atoms with Crippen molar-refractivity contribution < 1.29 is 13.9 Å². The number of hydrogen-bond donors (Lipinski definition) is 0. The Bertz CT molecular complexity index is 569. The Hall–Kier alpha value is -1.55. The summed E-state index contributed by atoms with van der Waals surface area (Å²) in [7, 11) is 1.54. The Morgan fingerprint density at radius 3 is 2.45 bits per heavy atom. The quantitative estimate of drug-likeness (QED) is 0.734. The number of benzene rings is 2. The smallest absolute Gasteiger partial charge is 0.131 e. The van der Waals surface area contributed by atoms with Crippen LogP contribution in [0, 0.1) is 5.82 Å². The maximum Gasteiger partial charge on any atom is 0.131 e. The molecule has 0 saturated carbocycles. The molecule has 0 aliphatic heterocycles. The van der Waals surface area contributed by atoms with Gasteiger partial charge in [-0.05, 0) is 36.8 Å². The van der Waals surface area contributed by atoms with Gasteiger partial charge in [0.2, 0.25) is 0 Å². The molecule has 0 heterocycles. The average molecular weight is 339 g/mol. The van der Waals surface area contributed by atoms with Gasteiger partial charge in [-0.1, -0.05) is 34.1 Å². The van der Waals surface area contributed by atoms with Crippen molar-refractivity contribution in [1.82, 2.24) is 0 Å². The fraction of sp³-hybridized carbons (Fsp3) is 0.250. The standard InChI is InChI=1S/C16H16BrFO2/c1-3-20-12-9-7-11(8-10-12)16(17)15-13(18)5-4-6-14(15)19-2/h4-10,16H,3H2,1-2H3. The van der Waals surface area contributed by atoms with E-state index in [1.54, 1.807) is 12.1 Å². The second kappa shape index (κ2) is 6.75. The zero-order chi connectivity index (χ0) is 14.5. The zero-order valence-corrected chi connectivity index (χ0v) is 13.0. The van der Waals surface area contributed by atoms with E-state index in [9.17, 15) is 4.39 Å². The van der Waals surface area contributed by atoms with Gasteiger partial charge >= 0.3 is 0 Å². The van der Waals surface area contributed by atoms with Crippen LogP contribution in [0.25, 0.3) is 0 Å². The van der Waals surface area contributed by atoms with E-state index >= 15 is 0 Å². The third kappa shape index (κ3) is 3.12. The number of alkyl halides is 1. The maximum atomic E-state index is 14.0. The number of hydrogen-bond acceptors (Lipinski definition) is 2. The molecule has 0 aromatic heterocycles. The molecule has 0 aliphatic carbocycles. The van der Waals surface area contributed by atoms with E-state index in [2.05, 4.69) is 15.9 Å². The van der Waals surface area contributed by atoms with E-state index in [1.807, 2.05) is 31.2 Å². The molecule has 0 aliphatic rings. The lowest BCUT2D eigenvalue weighted by atomic mass is 10.0. The van der Waals surface area contributed by atoms with Gasteiger partial charge in [0.05, 0.1) is 18.5 Å². The predicted molar refractivity (Wildman–Crippen MR) is 81.3 cm³/mol. The van der Waals surface area contributed by atoms with Gasteiger partial charge in [0, 0.05) is 5.56 Å². The fourth-order valence-electron chi connectivity index (χ4n) is 2.01. The summed E-state index contributed by atoms with van der Waals surface area (Å²) in [5.74, 6) is 1.04. The molecule has 0 radical (unpaired) electrons. The highest BCUT2D eigenvalue weighted by Crippen LogP contribution is 2.38. The highest BCUT2D eigenvalue weighted by molar-refractivity contribution is 9.09. The van der Waals surface area contributed by atoms with Crippen molar-refractivity contribution in [2.75, 3.05) is 13.7 Å². The molecule has 2 nitrogen and oxygen atoms in total. The molecule has 4 heteroatoms. The lowest BCUT2D eigenvalue weighted by Crippen LogP contribution is -2.00. The van der Waals surface area contributed by atoms with Gasteiger partial charge in [-0.25, -0.2) is 4.39 Å². The van der Waals surface area contributed by atoms with Gasteiger partial charge in [0.15, 0.2) is 0 Å². The monoisotopic (exact) mass is 338 g/mol. The van der Waals surface area contributed by atoms with Crippen LogP contribution in [0.1, 0.15) is 22.9 Å². The Labute approximate surface area is 126 Å². The van der Waals surface area contributed by atoms with Crippen LogP contribution in [0.2, 0.25) is 0 Å². The number of rotatable bonds is 5. The highest BCUT2D eigenvalue weighted by Gasteiger charge is 2.19. The Morgan fingerprint density at radius 1 is 1.15 bits per heavy atom. The van der Waals surface area contributed by atoms with Crippen LogP contribution in [0.4, 0.5) is 4.39 Å². The summed E-state index contributed by atoms with van der Waals surface area (Å²) in [4.78, 5) is -0.269. The molecule has 0 amide bonds. The summed E-state index contributed by atoms with van der Waals surface area (Å²) in [5, 5.41) is 0. The minimum Gasteiger partial charge on any atom is -0.496 e. The first-order chi connectivity index (χ1) is 9.67. The van der Waals surface area contributed by atoms with Crippen molar-refractivity contribution >= 4 is 15.9 Å². The zero-order valence-electron chi connectivity index (χ0n) is 11.4. The number of ether oxygens (including phenoxy) is 2. The third-order valence-electron chi connectivity index (χ3n) is 2.97. The molecule has 106 valence electrons. The summed E-state index contributed by atoms with van der Waals surface area (Å²) < 4.78 is 24.7. The van der Waals surface area contributed by atoms with Crippen LogP contribution >= 0.6 is 15.9 Å². The van der Waals surface area contributed by atoms with Crippen molar-refractivity contribution in [2.24, 2.45) is 0 Å². The Kier molecular flexibility index (Phi) is 5.01. The summed E-state index contributed by atoms with van der Waals surface area (Å²) in [6, 6.07) is 12.4. The molecular weight excluding hydrogens is 323 g/mol. The third-order valence-corrected chi connectivity index (χ3v) is 3.96. The fourth-order valence-corrected chi connectivity index (χ4v) is 2.76. The van der Waals surface area contributed by atoms with E-state index in [1.165, 1.54) is 13.2 Å². The predicted octanol–water partition coefficient (Wildman–Crippen LogP) is 4.72. The number of halogens is 2. The van der Waals surface area contributed by atoms with Gasteiger partial charge in [0.1, 0.15) is 17.3 Å².